The fourth-order valence-electron chi connectivity index (χ4n) is 3.33. The maximum Gasteiger partial charge on any atom is 0.270 e. The third-order valence-electron chi connectivity index (χ3n) is 4.77. The molecule has 6 heteroatoms. The lowest BCUT2D eigenvalue weighted by molar-refractivity contribution is -0.384. The monoisotopic (exact) mass is 386 g/mol. The van der Waals surface area contributed by atoms with Gasteiger partial charge >= 0.3 is 0 Å². The van der Waals surface area contributed by atoms with Gasteiger partial charge < -0.3 is 9.47 Å². The van der Waals surface area contributed by atoms with Crippen LogP contribution in [0, 0.1) is 10.1 Å². The number of ether oxygens (including phenoxy) is 2. The van der Waals surface area contributed by atoms with Gasteiger partial charge in [-0.3, -0.25) is 10.1 Å². The van der Waals surface area contributed by atoms with Crippen LogP contribution in [0.1, 0.15) is 0 Å². The van der Waals surface area contributed by atoms with Crippen LogP contribution >= 0.6 is 0 Å². The molecular weight excluding hydrogens is 368 g/mol. The number of rotatable bonds is 5. The van der Waals surface area contributed by atoms with E-state index >= 15 is 0 Å². The van der Waals surface area contributed by atoms with E-state index in [9.17, 15) is 10.1 Å². The van der Waals surface area contributed by atoms with Crippen LogP contribution in [0.4, 0.5) is 5.69 Å². The minimum atomic E-state index is -0.394. The first-order valence-corrected chi connectivity index (χ1v) is 8.97. The van der Waals surface area contributed by atoms with E-state index in [-0.39, 0.29) is 5.69 Å². The molecule has 1 heterocycles. The number of hydrogen-bond donors (Lipinski definition) is 0. The van der Waals surface area contributed by atoms with Gasteiger partial charge in [0.05, 0.1) is 30.4 Å². The standard InChI is InChI=1S/C23H18N2O4/c1-28-17-9-10-18(23(13-17)29-2)22-14-19(15-6-4-3-5-7-15)20-12-16(25(26)27)8-11-21(20)24-22/h3-14H,1-2H3. The SMILES string of the molecule is COc1ccc(-c2cc(-c3ccccc3)c3cc([N+](=O)[O-])ccc3n2)c(OC)c1. The van der Waals surface area contributed by atoms with Crippen molar-refractivity contribution in [1.29, 1.82) is 0 Å². The Bertz CT molecular complexity index is 1210. The number of nitrogens with zero attached hydrogens (tertiary/aromatic N) is 2. The van der Waals surface area contributed by atoms with Crippen LogP contribution in [0.3, 0.4) is 0 Å². The van der Waals surface area contributed by atoms with Crippen molar-refractivity contribution in [3.05, 3.63) is 82.9 Å². The average Bonchev–Trinajstić information content (AvgIpc) is 2.78. The molecule has 0 amide bonds. The van der Waals surface area contributed by atoms with Crippen LogP contribution in [0.25, 0.3) is 33.3 Å². The lowest BCUT2D eigenvalue weighted by Gasteiger charge is -2.13. The second-order valence-corrected chi connectivity index (χ2v) is 6.45. The number of fused-ring (bicyclic) bond motifs is 1. The smallest absolute Gasteiger partial charge is 0.270 e. The molecule has 0 bridgehead atoms. The molecule has 4 aromatic rings. The van der Waals surface area contributed by atoms with Crippen molar-refractivity contribution in [2.45, 2.75) is 0 Å². The maximum absolute atomic E-state index is 11.3. The van der Waals surface area contributed by atoms with Gasteiger partial charge in [0.15, 0.2) is 0 Å². The first-order valence-electron chi connectivity index (χ1n) is 8.97. The molecule has 0 aliphatic carbocycles. The van der Waals surface area contributed by atoms with Crippen LogP contribution in [0.15, 0.2) is 72.8 Å². The van der Waals surface area contributed by atoms with Crippen LogP contribution < -0.4 is 9.47 Å². The molecule has 1 aromatic heterocycles. The predicted octanol–water partition coefficient (Wildman–Crippen LogP) is 5.49. The van der Waals surface area contributed by atoms with Crippen molar-refractivity contribution in [3.63, 3.8) is 0 Å². The van der Waals surface area contributed by atoms with E-state index in [1.165, 1.54) is 6.07 Å². The molecule has 0 spiro atoms. The Morgan fingerprint density at radius 3 is 2.34 bits per heavy atom. The number of nitro groups is 1. The van der Waals surface area contributed by atoms with Crippen molar-refractivity contribution >= 4 is 16.6 Å². The summed E-state index contributed by atoms with van der Waals surface area (Å²) in [7, 11) is 3.20. The quantitative estimate of drug-likeness (QED) is 0.335. The second-order valence-electron chi connectivity index (χ2n) is 6.45. The van der Waals surface area contributed by atoms with E-state index in [4.69, 9.17) is 14.5 Å². The van der Waals surface area contributed by atoms with Crippen LogP contribution in [-0.4, -0.2) is 24.1 Å². The van der Waals surface area contributed by atoms with Gasteiger partial charge in [-0.15, -0.1) is 0 Å². The zero-order valence-corrected chi connectivity index (χ0v) is 16.0. The Kier molecular flexibility index (Phi) is 4.83. The summed E-state index contributed by atoms with van der Waals surface area (Å²) in [5.41, 5.74) is 4.05. The Morgan fingerprint density at radius 1 is 0.862 bits per heavy atom. The fourth-order valence-corrected chi connectivity index (χ4v) is 3.33. The Morgan fingerprint density at radius 2 is 1.66 bits per heavy atom. The molecule has 0 saturated carbocycles. The van der Waals surface area contributed by atoms with Gasteiger partial charge in [-0.1, -0.05) is 30.3 Å². The molecule has 3 aromatic carbocycles. The van der Waals surface area contributed by atoms with Gasteiger partial charge in [0.25, 0.3) is 5.69 Å². The molecule has 0 unspecified atom stereocenters. The van der Waals surface area contributed by atoms with Crippen molar-refractivity contribution < 1.29 is 14.4 Å². The molecule has 0 N–H and O–H groups in total. The number of hydrogen-bond acceptors (Lipinski definition) is 5. The molecule has 6 nitrogen and oxygen atoms in total. The third-order valence-corrected chi connectivity index (χ3v) is 4.77. The summed E-state index contributed by atoms with van der Waals surface area (Å²) in [5, 5.41) is 12.0. The Labute approximate surface area is 167 Å². The molecule has 29 heavy (non-hydrogen) atoms. The van der Waals surface area contributed by atoms with Gasteiger partial charge in [0.2, 0.25) is 0 Å². The highest BCUT2D eigenvalue weighted by molar-refractivity contribution is 5.98. The second kappa shape index (κ2) is 7.59. The number of pyridine rings is 1. The number of benzene rings is 3. The van der Waals surface area contributed by atoms with E-state index < -0.39 is 4.92 Å². The summed E-state index contributed by atoms with van der Waals surface area (Å²) >= 11 is 0. The molecule has 4 rings (SSSR count). The minimum absolute atomic E-state index is 0.0336. The van der Waals surface area contributed by atoms with Crippen molar-refractivity contribution in [2.24, 2.45) is 0 Å². The molecule has 0 atom stereocenters. The minimum Gasteiger partial charge on any atom is -0.497 e. The summed E-state index contributed by atoms with van der Waals surface area (Å²) < 4.78 is 10.8. The van der Waals surface area contributed by atoms with E-state index in [1.807, 2.05) is 48.5 Å². The molecule has 0 aliphatic heterocycles. The summed E-state index contributed by atoms with van der Waals surface area (Å²) in [5.74, 6) is 1.32. The first-order chi connectivity index (χ1) is 14.1. The van der Waals surface area contributed by atoms with Crippen LogP contribution in [-0.2, 0) is 0 Å². The summed E-state index contributed by atoms with van der Waals surface area (Å²) in [6, 6.07) is 22.0. The molecule has 144 valence electrons. The zero-order valence-electron chi connectivity index (χ0n) is 16.0. The Hall–Kier alpha value is -3.93. The molecule has 0 radical (unpaired) electrons. The third kappa shape index (κ3) is 3.48. The highest BCUT2D eigenvalue weighted by atomic mass is 16.6. The molecule has 0 saturated heterocycles. The fraction of sp³-hybridized carbons (Fsp3) is 0.0870. The average molecular weight is 386 g/mol. The predicted molar refractivity (Wildman–Crippen MR) is 112 cm³/mol. The van der Waals surface area contributed by atoms with Crippen LogP contribution in [0.2, 0.25) is 0 Å². The number of non-ortho nitro benzene ring substituents is 1. The van der Waals surface area contributed by atoms with E-state index in [0.717, 1.165) is 22.1 Å². The lowest BCUT2D eigenvalue weighted by Crippen LogP contribution is -1.95. The van der Waals surface area contributed by atoms with E-state index in [2.05, 4.69) is 0 Å². The normalized spacial score (nSPS) is 10.7. The number of methoxy groups -OCH3 is 2. The van der Waals surface area contributed by atoms with Crippen molar-refractivity contribution in [2.75, 3.05) is 14.2 Å². The molecular formula is C23H18N2O4. The van der Waals surface area contributed by atoms with E-state index in [1.54, 1.807) is 32.4 Å². The Balaban J connectivity index is 2.00. The molecule has 0 fully saturated rings. The zero-order chi connectivity index (χ0) is 20.4. The highest BCUT2D eigenvalue weighted by Gasteiger charge is 2.16. The summed E-state index contributed by atoms with van der Waals surface area (Å²) in [4.78, 5) is 15.6. The van der Waals surface area contributed by atoms with Crippen LogP contribution in [0.5, 0.6) is 11.5 Å². The van der Waals surface area contributed by atoms with Gasteiger partial charge in [0, 0.05) is 29.1 Å². The maximum atomic E-state index is 11.3. The van der Waals surface area contributed by atoms with Gasteiger partial charge in [-0.05, 0) is 35.4 Å². The van der Waals surface area contributed by atoms with E-state index in [0.29, 0.717) is 22.7 Å². The highest BCUT2D eigenvalue weighted by Crippen LogP contribution is 2.37. The van der Waals surface area contributed by atoms with Gasteiger partial charge in [-0.2, -0.15) is 0 Å². The summed E-state index contributed by atoms with van der Waals surface area (Å²) in [6.07, 6.45) is 0. The topological polar surface area (TPSA) is 74.5 Å². The van der Waals surface area contributed by atoms with Crippen molar-refractivity contribution in [1.82, 2.24) is 4.98 Å². The number of aromatic nitrogens is 1. The first kappa shape index (κ1) is 18.4. The molecule has 0 aliphatic rings. The van der Waals surface area contributed by atoms with Gasteiger partial charge in [-0.25, -0.2) is 4.98 Å². The summed E-state index contributed by atoms with van der Waals surface area (Å²) in [6.45, 7) is 0. The van der Waals surface area contributed by atoms with Crippen molar-refractivity contribution in [3.8, 4) is 33.9 Å². The number of nitro benzene ring substituents is 1. The van der Waals surface area contributed by atoms with Gasteiger partial charge in [0.1, 0.15) is 11.5 Å². The largest absolute Gasteiger partial charge is 0.497 e. The lowest BCUT2D eigenvalue weighted by atomic mass is 9.97.